The monoisotopic (exact) mass is 383 g/mol. The minimum absolute atomic E-state index is 0.0343. The molecule has 0 atom stereocenters. The summed E-state index contributed by atoms with van der Waals surface area (Å²) in [7, 11) is 2.40. The van der Waals surface area contributed by atoms with Crippen molar-refractivity contribution in [3.63, 3.8) is 0 Å². The highest BCUT2D eigenvalue weighted by Crippen LogP contribution is 2.49. The molecule has 0 saturated carbocycles. The minimum Gasteiger partial charge on any atom is -0.493 e. The number of aliphatic imine (C=N–C) groups is 2. The van der Waals surface area contributed by atoms with Crippen LogP contribution in [0.1, 0.15) is 12.5 Å². The van der Waals surface area contributed by atoms with E-state index in [1.165, 1.54) is 38.4 Å². The number of benzene rings is 1. The van der Waals surface area contributed by atoms with Crippen molar-refractivity contribution < 1.29 is 35.8 Å². The first-order chi connectivity index (χ1) is 11.9. The summed E-state index contributed by atoms with van der Waals surface area (Å²) in [6, 6.07) is 4.68. The molecule has 0 N–H and O–H groups in total. The molecule has 1 heterocycles. The van der Waals surface area contributed by atoms with E-state index in [4.69, 9.17) is 9.47 Å². The van der Waals surface area contributed by atoms with Gasteiger partial charge in [-0.05, 0) is 19.1 Å². The number of alkyl halides is 6. The molecular weight excluding hydrogens is 368 g/mol. The van der Waals surface area contributed by atoms with Gasteiger partial charge < -0.3 is 14.4 Å². The lowest BCUT2D eigenvalue weighted by molar-refractivity contribution is -0.293. The molecule has 0 aliphatic carbocycles. The van der Waals surface area contributed by atoms with E-state index in [9.17, 15) is 26.3 Å². The number of hydrogen-bond donors (Lipinski definition) is 0. The largest absolute Gasteiger partial charge is 0.493 e. The van der Waals surface area contributed by atoms with E-state index in [2.05, 4.69) is 9.98 Å². The van der Waals surface area contributed by atoms with Crippen LogP contribution in [-0.2, 0) is 4.74 Å². The number of nitrogens with zero attached hydrogens (tertiary/aromatic N) is 3. The number of halogens is 6. The van der Waals surface area contributed by atoms with Crippen molar-refractivity contribution in [3.8, 4) is 5.75 Å². The van der Waals surface area contributed by atoms with Crippen LogP contribution >= 0.6 is 0 Å². The van der Waals surface area contributed by atoms with E-state index < -0.39 is 29.9 Å². The lowest BCUT2D eigenvalue weighted by Crippen LogP contribution is -2.57. The van der Waals surface area contributed by atoms with Crippen LogP contribution in [0.25, 0.3) is 0 Å². The molecule has 1 aliphatic heterocycles. The van der Waals surface area contributed by atoms with E-state index in [1.807, 2.05) is 0 Å². The van der Waals surface area contributed by atoms with Gasteiger partial charge >= 0.3 is 18.0 Å². The van der Waals surface area contributed by atoms with Crippen LogP contribution < -0.4 is 4.74 Å². The molecule has 144 valence electrons. The summed E-state index contributed by atoms with van der Waals surface area (Å²) >= 11 is 0. The van der Waals surface area contributed by atoms with Gasteiger partial charge in [-0.25, -0.2) is 4.99 Å². The van der Waals surface area contributed by atoms with Crippen LogP contribution in [-0.4, -0.2) is 55.5 Å². The maximum Gasteiger partial charge on any atom is 0.443 e. The smallest absolute Gasteiger partial charge is 0.443 e. The van der Waals surface area contributed by atoms with Crippen LogP contribution in [0.3, 0.4) is 0 Å². The fraction of sp³-hybridized carbons (Fsp3) is 0.467. The van der Waals surface area contributed by atoms with Crippen molar-refractivity contribution in [2.75, 3.05) is 20.7 Å². The van der Waals surface area contributed by atoms with Gasteiger partial charge in [0.1, 0.15) is 5.75 Å². The number of rotatable bonds is 3. The van der Waals surface area contributed by atoms with Crippen LogP contribution in [0.15, 0.2) is 34.3 Å². The molecule has 0 fully saturated rings. The highest BCUT2D eigenvalue weighted by Gasteiger charge is 2.74. The van der Waals surface area contributed by atoms with Crippen LogP contribution in [0.5, 0.6) is 5.75 Å². The van der Waals surface area contributed by atoms with Crippen molar-refractivity contribution >= 4 is 11.9 Å². The number of para-hydroxylation sites is 1. The maximum atomic E-state index is 13.4. The number of amidine groups is 1. The zero-order chi connectivity index (χ0) is 19.8. The highest BCUT2D eigenvalue weighted by atomic mass is 19.4. The van der Waals surface area contributed by atoms with E-state index >= 15 is 0 Å². The van der Waals surface area contributed by atoms with Gasteiger partial charge in [-0.3, -0.25) is 0 Å². The Labute approximate surface area is 144 Å². The first-order valence-corrected chi connectivity index (χ1v) is 7.33. The number of hydrogen-bond acceptors (Lipinski definition) is 5. The second kappa shape index (κ2) is 6.69. The number of ether oxygens (including phenoxy) is 2. The SMILES string of the molecule is CCOc1ccccc1C1=NC(C(F)(F)F)(C(F)(F)F)N=C(N(C)C)O1. The Kier molecular flexibility index (Phi) is 5.11. The van der Waals surface area contributed by atoms with Crippen molar-refractivity contribution in [3.05, 3.63) is 29.8 Å². The third kappa shape index (κ3) is 3.42. The molecule has 0 amide bonds. The summed E-state index contributed by atoms with van der Waals surface area (Å²) in [5, 5.41) is 0. The van der Waals surface area contributed by atoms with Gasteiger partial charge in [-0.2, -0.15) is 31.3 Å². The molecule has 0 spiro atoms. The van der Waals surface area contributed by atoms with Crippen molar-refractivity contribution in [2.45, 2.75) is 24.9 Å². The molecule has 5 nitrogen and oxygen atoms in total. The molecule has 0 bridgehead atoms. The summed E-state index contributed by atoms with van der Waals surface area (Å²) in [5.41, 5.74) is -4.83. The maximum absolute atomic E-state index is 13.4. The van der Waals surface area contributed by atoms with E-state index in [-0.39, 0.29) is 17.9 Å². The molecular formula is C15H15F6N3O2. The molecule has 0 aromatic heterocycles. The topological polar surface area (TPSA) is 46.4 Å². The van der Waals surface area contributed by atoms with Gasteiger partial charge in [0.05, 0.1) is 12.2 Å². The third-order valence-corrected chi connectivity index (χ3v) is 3.30. The average molecular weight is 383 g/mol. The fourth-order valence-electron chi connectivity index (χ4n) is 2.09. The summed E-state index contributed by atoms with van der Waals surface area (Å²) < 4.78 is 90.9. The lowest BCUT2D eigenvalue weighted by Gasteiger charge is -2.35. The Balaban J connectivity index is 2.74. The second-order valence-corrected chi connectivity index (χ2v) is 5.40. The Morgan fingerprint density at radius 2 is 1.62 bits per heavy atom. The van der Waals surface area contributed by atoms with E-state index in [0.717, 1.165) is 4.90 Å². The van der Waals surface area contributed by atoms with Gasteiger partial charge in [0.25, 0.3) is 6.02 Å². The molecule has 2 rings (SSSR count). The van der Waals surface area contributed by atoms with Crippen molar-refractivity contribution in [2.24, 2.45) is 9.98 Å². The first-order valence-electron chi connectivity index (χ1n) is 7.33. The fourth-order valence-corrected chi connectivity index (χ4v) is 2.09. The Bertz CT molecular complexity index is 711. The lowest BCUT2D eigenvalue weighted by atomic mass is 10.1. The molecule has 0 radical (unpaired) electrons. The standard InChI is InChI=1S/C15H15F6N3O2/c1-4-25-10-8-6-5-7-9(10)11-22-13(14(16,17)18,15(19,20)21)23-12(26-11)24(2)3/h5-8H,4H2,1-3H3. The second-order valence-electron chi connectivity index (χ2n) is 5.40. The summed E-state index contributed by atoms with van der Waals surface area (Å²) in [6.45, 7) is 1.76. The molecule has 1 aliphatic rings. The summed E-state index contributed by atoms with van der Waals surface area (Å²) in [6.07, 6.45) is -11.7. The van der Waals surface area contributed by atoms with Gasteiger partial charge in [0, 0.05) is 14.1 Å². The highest BCUT2D eigenvalue weighted by molar-refractivity contribution is 6.04. The minimum atomic E-state index is -5.83. The van der Waals surface area contributed by atoms with Gasteiger partial charge in [0.15, 0.2) is 0 Å². The zero-order valence-electron chi connectivity index (χ0n) is 13.9. The molecule has 1 aromatic rings. The molecule has 1 aromatic carbocycles. The Hall–Kier alpha value is -2.46. The Morgan fingerprint density at radius 3 is 2.12 bits per heavy atom. The predicted octanol–water partition coefficient (Wildman–Crippen LogP) is 3.60. The van der Waals surface area contributed by atoms with Crippen LogP contribution in [0, 0.1) is 0 Å². The van der Waals surface area contributed by atoms with E-state index in [0.29, 0.717) is 0 Å². The quantitative estimate of drug-likeness (QED) is 0.750. The van der Waals surface area contributed by atoms with Crippen LogP contribution in [0.2, 0.25) is 0 Å². The van der Waals surface area contributed by atoms with Gasteiger partial charge in [-0.15, -0.1) is 0 Å². The summed E-state index contributed by atoms with van der Waals surface area (Å²) in [5.74, 6) is -0.852. The molecule has 26 heavy (non-hydrogen) atoms. The Morgan fingerprint density at radius 1 is 1.04 bits per heavy atom. The average Bonchev–Trinajstić information content (AvgIpc) is 2.53. The third-order valence-electron chi connectivity index (χ3n) is 3.30. The van der Waals surface area contributed by atoms with Crippen molar-refractivity contribution in [1.82, 2.24) is 4.90 Å². The van der Waals surface area contributed by atoms with Gasteiger partial charge in [0.2, 0.25) is 5.90 Å². The van der Waals surface area contributed by atoms with Crippen molar-refractivity contribution in [1.29, 1.82) is 0 Å². The molecule has 11 heteroatoms. The van der Waals surface area contributed by atoms with Gasteiger partial charge in [-0.1, -0.05) is 12.1 Å². The normalized spacial score (nSPS) is 17.1. The molecule has 0 saturated heterocycles. The zero-order valence-corrected chi connectivity index (χ0v) is 13.9. The van der Waals surface area contributed by atoms with Crippen LogP contribution in [0.4, 0.5) is 26.3 Å². The molecule has 0 unspecified atom stereocenters. The predicted molar refractivity (Wildman–Crippen MR) is 81.2 cm³/mol. The van der Waals surface area contributed by atoms with E-state index in [1.54, 1.807) is 6.92 Å². The summed E-state index contributed by atoms with van der Waals surface area (Å²) in [4.78, 5) is 6.49. The first kappa shape index (κ1) is 19.9.